The summed E-state index contributed by atoms with van der Waals surface area (Å²) in [6.07, 6.45) is 3.55. The van der Waals surface area contributed by atoms with Gasteiger partial charge in [-0.2, -0.15) is 0 Å². The summed E-state index contributed by atoms with van der Waals surface area (Å²) in [5, 5.41) is 8.95. The van der Waals surface area contributed by atoms with Gasteiger partial charge in [-0.15, -0.1) is 0 Å². The Hall–Kier alpha value is -2.82. The Morgan fingerprint density at radius 3 is 2.00 bits per heavy atom. The van der Waals surface area contributed by atoms with Crippen LogP contribution in [0.1, 0.15) is 25.7 Å². The minimum atomic E-state index is -0.631. The Bertz CT molecular complexity index is 710. The largest absolute Gasteiger partial charge is 0.371 e. The fraction of sp³-hybridized carbons (Fsp3) is 0.300. The molecule has 1 aliphatic carbocycles. The molecule has 1 aliphatic rings. The lowest BCUT2D eigenvalue weighted by molar-refractivity contribution is -0.127. The molecule has 3 N–H and O–H groups in total. The van der Waals surface area contributed by atoms with Crippen LogP contribution in [0.5, 0.6) is 0 Å². The van der Waals surface area contributed by atoms with Crippen molar-refractivity contribution in [3.8, 4) is 0 Å². The summed E-state index contributed by atoms with van der Waals surface area (Å²) in [6.45, 7) is -0.0358. The maximum absolute atomic E-state index is 12.8. The third-order valence-corrected chi connectivity index (χ3v) is 4.52. The molecule has 1 saturated carbocycles. The highest BCUT2D eigenvalue weighted by Gasteiger charge is 2.41. The number of hydrogen-bond donors (Lipinski definition) is 3. The van der Waals surface area contributed by atoms with Crippen molar-refractivity contribution in [3.05, 3.63) is 60.7 Å². The van der Waals surface area contributed by atoms with E-state index in [0.717, 1.165) is 37.1 Å². The van der Waals surface area contributed by atoms with E-state index in [1.54, 1.807) is 0 Å². The molecule has 0 radical (unpaired) electrons. The van der Waals surface area contributed by atoms with Gasteiger partial charge in [0.1, 0.15) is 5.54 Å². The fourth-order valence-electron chi connectivity index (χ4n) is 3.24. The summed E-state index contributed by atoms with van der Waals surface area (Å²) in [5.74, 6) is -0.343. The number of amides is 2. The predicted octanol–water partition coefficient (Wildman–Crippen LogP) is 3.17. The first-order chi connectivity index (χ1) is 12.2. The van der Waals surface area contributed by atoms with Crippen molar-refractivity contribution in [1.82, 2.24) is 5.32 Å². The van der Waals surface area contributed by atoms with E-state index in [1.807, 2.05) is 60.7 Å². The molecule has 5 nitrogen and oxygen atoms in total. The van der Waals surface area contributed by atoms with Crippen LogP contribution in [0.15, 0.2) is 60.7 Å². The molecule has 3 rings (SSSR count). The molecule has 1 fully saturated rings. The third-order valence-electron chi connectivity index (χ3n) is 4.52. The van der Waals surface area contributed by atoms with Gasteiger partial charge < -0.3 is 16.0 Å². The first-order valence-corrected chi connectivity index (χ1v) is 8.64. The molecule has 0 bridgehead atoms. The van der Waals surface area contributed by atoms with Gasteiger partial charge in [0, 0.05) is 11.4 Å². The zero-order valence-corrected chi connectivity index (χ0v) is 14.1. The molecule has 0 atom stereocenters. The van der Waals surface area contributed by atoms with Crippen LogP contribution >= 0.6 is 0 Å². The number of carbonyl (C=O) groups excluding carboxylic acids is 2. The molecule has 0 heterocycles. The number of rotatable bonds is 6. The molecule has 0 spiro atoms. The molecule has 130 valence electrons. The van der Waals surface area contributed by atoms with Crippen molar-refractivity contribution >= 4 is 23.2 Å². The van der Waals surface area contributed by atoms with Crippen molar-refractivity contribution in [1.29, 1.82) is 0 Å². The highest BCUT2D eigenvalue weighted by atomic mass is 16.2. The predicted molar refractivity (Wildman–Crippen MR) is 99.3 cm³/mol. The Labute approximate surface area is 147 Å². The smallest absolute Gasteiger partial charge is 0.246 e. The number of carbonyl (C=O) groups is 2. The number of para-hydroxylation sites is 2. The Kier molecular flexibility index (Phi) is 5.33. The normalized spacial score (nSPS) is 15.4. The lowest BCUT2D eigenvalue weighted by atomic mass is 9.95. The maximum atomic E-state index is 12.8. The van der Waals surface area contributed by atoms with Gasteiger partial charge in [0.25, 0.3) is 0 Å². The second-order valence-corrected chi connectivity index (χ2v) is 6.38. The van der Waals surface area contributed by atoms with E-state index in [2.05, 4.69) is 16.0 Å². The zero-order valence-electron chi connectivity index (χ0n) is 14.1. The molecule has 5 heteroatoms. The van der Waals surface area contributed by atoms with E-state index in [4.69, 9.17) is 0 Å². The van der Waals surface area contributed by atoms with Crippen LogP contribution in [-0.4, -0.2) is 23.9 Å². The van der Waals surface area contributed by atoms with Crippen molar-refractivity contribution in [2.75, 3.05) is 17.2 Å². The first kappa shape index (κ1) is 17.0. The number of anilines is 2. The Balaban J connectivity index is 1.59. The molecular formula is C20H23N3O2. The van der Waals surface area contributed by atoms with Gasteiger partial charge in [-0.1, -0.05) is 49.2 Å². The van der Waals surface area contributed by atoms with Crippen molar-refractivity contribution in [2.24, 2.45) is 0 Å². The Morgan fingerprint density at radius 2 is 1.40 bits per heavy atom. The monoisotopic (exact) mass is 337 g/mol. The highest BCUT2D eigenvalue weighted by Crippen LogP contribution is 2.33. The van der Waals surface area contributed by atoms with E-state index in [-0.39, 0.29) is 18.4 Å². The summed E-state index contributed by atoms with van der Waals surface area (Å²) >= 11 is 0. The van der Waals surface area contributed by atoms with E-state index >= 15 is 0 Å². The van der Waals surface area contributed by atoms with E-state index in [0.29, 0.717) is 0 Å². The average molecular weight is 337 g/mol. The van der Waals surface area contributed by atoms with E-state index < -0.39 is 5.54 Å². The van der Waals surface area contributed by atoms with Crippen LogP contribution in [0, 0.1) is 0 Å². The van der Waals surface area contributed by atoms with Crippen molar-refractivity contribution < 1.29 is 9.59 Å². The summed E-state index contributed by atoms with van der Waals surface area (Å²) in [5.41, 5.74) is 1.02. The fourth-order valence-corrected chi connectivity index (χ4v) is 3.24. The van der Waals surface area contributed by atoms with Crippen LogP contribution in [0.3, 0.4) is 0 Å². The molecule has 0 aliphatic heterocycles. The maximum Gasteiger partial charge on any atom is 0.246 e. The zero-order chi connectivity index (χ0) is 17.5. The minimum absolute atomic E-state index is 0.0358. The second-order valence-electron chi connectivity index (χ2n) is 6.38. The van der Waals surface area contributed by atoms with Gasteiger partial charge in [0.05, 0.1) is 6.54 Å². The molecule has 0 aromatic heterocycles. The standard InChI is InChI=1S/C20H23N3O2/c24-18(22-16-9-3-1-4-10-16)15-21-19(25)20(13-7-8-14-20)23-17-11-5-2-6-12-17/h1-6,9-12,23H,7-8,13-15H2,(H,21,25)(H,22,24). The first-order valence-electron chi connectivity index (χ1n) is 8.64. The van der Waals surface area contributed by atoms with Crippen LogP contribution in [0.25, 0.3) is 0 Å². The van der Waals surface area contributed by atoms with Crippen LogP contribution in [0.4, 0.5) is 11.4 Å². The van der Waals surface area contributed by atoms with Gasteiger partial charge in [0.15, 0.2) is 0 Å². The lowest BCUT2D eigenvalue weighted by Crippen LogP contribution is -2.52. The quantitative estimate of drug-likeness (QED) is 0.758. The second kappa shape index (κ2) is 7.83. The summed E-state index contributed by atoms with van der Waals surface area (Å²) in [4.78, 5) is 24.8. The number of nitrogens with one attached hydrogen (secondary N) is 3. The number of hydrogen-bond acceptors (Lipinski definition) is 3. The van der Waals surface area contributed by atoms with Gasteiger partial charge in [-0.25, -0.2) is 0 Å². The minimum Gasteiger partial charge on any atom is -0.371 e. The molecule has 0 unspecified atom stereocenters. The molecule has 25 heavy (non-hydrogen) atoms. The number of benzene rings is 2. The molecule has 2 aromatic rings. The SMILES string of the molecule is O=C(CNC(=O)C1(Nc2ccccc2)CCCC1)Nc1ccccc1. The van der Waals surface area contributed by atoms with Gasteiger partial charge in [0.2, 0.25) is 11.8 Å². The van der Waals surface area contributed by atoms with E-state index in [9.17, 15) is 9.59 Å². The molecule has 0 saturated heterocycles. The third kappa shape index (κ3) is 4.38. The van der Waals surface area contributed by atoms with Gasteiger partial charge >= 0.3 is 0 Å². The Morgan fingerprint density at radius 1 is 0.840 bits per heavy atom. The molecule has 2 amide bonds. The lowest BCUT2D eigenvalue weighted by Gasteiger charge is -2.30. The topological polar surface area (TPSA) is 70.2 Å². The van der Waals surface area contributed by atoms with E-state index in [1.165, 1.54) is 0 Å². The van der Waals surface area contributed by atoms with Crippen molar-refractivity contribution in [2.45, 2.75) is 31.2 Å². The van der Waals surface area contributed by atoms with Gasteiger partial charge in [-0.3, -0.25) is 9.59 Å². The van der Waals surface area contributed by atoms with Gasteiger partial charge in [-0.05, 0) is 37.1 Å². The van der Waals surface area contributed by atoms with Crippen LogP contribution in [-0.2, 0) is 9.59 Å². The summed E-state index contributed by atoms with van der Waals surface area (Å²) in [6, 6.07) is 19.0. The summed E-state index contributed by atoms with van der Waals surface area (Å²) in [7, 11) is 0. The molecule has 2 aromatic carbocycles. The summed E-state index contributed by atoms with van der Waals surface area (Å²) < 4.78 is 0. The highest BCUT2D eigenvalue weighted by molar-refractivity contribution is 5.97. The molecular weight excluding hydrogens is 314 g/mol. The van der Waals surface area contributed by atoms with Crippen molar-refractivity contribution in [3.63, 3.8) is 0 Å². The average Bonchev–Trinajstić information content (AvgIpc) is 3.11. The van der Waals surface area contributed by atoms with Crippen LogP contribution in [0.2, 0.25) is 0 Å². The van der Waals surface area contributed by atoms with Crippen LogP contribution < -0.4 is 16.0 Å².